The molecule has 3 heterocycles. The van der Waals surface area contributed by atoms with Crippen molar-refractivity contribution in [1.29, 1.82) is 0 Å². The molecule has 0 radical (unpaired) electrons. The van der Waals surface area contributed by atoms with Gasteiger partial charge in [-0.15, -0.1) is 0 Å². The van der Waals surface area contributed by atoms with Gasteiger partial charge in [0.25, 0.3) is 0 Å². The van der Waals surface area contributed by atoms with E-state index in [-0.39, 0.29) is 12.8 Å². The maximum Gasteiger partial charge on any atom is 0.329 e. The van der Waals surface area contributed by atoms with Crippen molar-refractivity contribution in [3.63, 3.8) is 0 Å². The van der Waals surface area contributed by atoms with E-state index in [9.17, 15) is 4.79 Å². The van der Waals surface area contributed by atoms with Gasteiger partial charge in [-0.1, -0.05) is 36.4 Å². The zero-order valence-electron chi connectivity index (χ0n) is 17.3. The first-order valence-electron chi connectivity index (χ1n) is 10.3. The normalized spacial score (nSPS) is 12.7. The van der Waals surface area contributed by atoms with Crippen LogP contribution in [0.1, 0.15) is 11.1 Å². The molecule has 0 bridgehead atoms. The maximum absolute atomic E-state index is 13.3. The second kappa shape index (κ2) is 8.85. The first kappa shape index (κ1) is 19.7. The number of hydrogen-bond acceptors (Lipinski definition) is 4. The first-order valence-corrected chi connectivity index (χ1v) is 10.3. The van der Waals surface area contributed by atoms with Crippen molar-refractivity contribution in [2.75, 3.05) is 12.1 Å². The highest BCUT2D eigenvalue weighted by Crippen LogP contribution is 2.27. The third-order valence-electron chi connectivity index (χ3n) is 5.31. The lowest BCUT2D eigenvalue weighted by atomic mass is 10.2. The summed E-state index contributed by atoms with van der Waals surface area (Å²) in [6, 6.07) is 21.4. The Bertz CT molecular complexity index is 1250. The van der Waals surface area contributed by atoms with Crippen LogP contribution in [0.3, 0.4) is 0 Å². The maximum atomic E-state index is 13.3. The molecule has 0 spiro atoms. The van der Waals surface area contributed by atoms with Crippen LogP contribution in [0, 0.1) is 0 Å². The lowest BCUT2D eigenvalue weighted by Crippen LogP contribution is -2.34. The van der Waals surface area contributed by atoms with Crippen LogP contribution in [-0.4, -0.2) is 27.3 Å². The van der Waals surface area contributed by atoms with E-state index in [0.717, 1.165) is 34.3 Å². The van der Waals surface area contributed by atoms with Gasteiger partial charge in [-0.25, -0.2) is 4.79 Å². The first-order chi connectivity index (χ1) is 15.8. The molecule has 0 fully saturated rings. The summed E-state index contributed by atoms with van der Waals surface area (Å²) in [5.74, 6) is 0.383. The summed E-state index contributed by atoms with van der Waals surface area (Å²) in [5, 5.41) is 4.01. The van der Waals surface area contributed by atoms with E-state index >= 15 is 0 Å². The number of benzene rings is 2. The number of rotatable bonds is 6. The summed E-state index contributed by atoms with van der Waals surface area (Å²) < 4.78 is 12.8. The number of amides is 2. The molecular weight excluding hydrogens is 404 g/mol. The molecule has 4 aromatic rings. The lowest BCUT2D eigenvalue weighted by molar-refractivity contribution is 0.0554. The molecule has 0 saturated carbocycles. The fourth-order valence-corrected chi connectivity index (χ4v) is 3.73. The van der Waals surface area contributed by atoms with Crippen LogP contribution in [0.25, 0.3) is 10.9 Å². The van der Waals surface area contributed by atoms with Gasteiger partial charge in [0, 0.05) is 30.5 Å². The highest BCUT2D eigenvalue weighted by Gasteiger charge is 2.24. The Balaban J connectivity index is 1.40. The molecule has 2 aromatic heterocycles. The van der Waals surface area contributed by atoms with Crippen LogP contribution in [0.15, 0.2) is 97.5 Å². The van der Waals surface area contributed by atoms with Gasteiger partial charge in [0.05, 0.1) is 17.7 Å². The van der Waals surface area contributed by atoms with E-state index < -0.39 is 0 Å². The standard InChI is InChI=1S/C25H22N4O3/c30-25(29(24-17-31-18-32-24)16-19-5-2-1-3-6-19)27-22-7-4-8-23-21(22)11-14-28(23)15-20-9-12-26-13-10-20/h1-14,17H,15-16,18H2,(H,27,30). The fraction of sp³-hybridized carbons (Fsp3) is 0.120. The molecule has 5 rings (SSSR count). The number of aromatic nitrogens is 2. The Morgan fingerprint density at radius 1 is 1.00 bits per heavy atom. The number of nitrogens with one attached hydrogen (secondary N) is 1. The van der Waals surface area contributed by atoms with E-state index in [1.165, 1.54) is 11.2 Å². The van der Waals surface area contributed by atoms with Gasteiger partial charge in [-0.05, 0) is 41.5 Å². The van der Waals surface area contributed by atoms with Gasteiger partial charge in [0.15, 0.2) is 0 Å². The summed E-state index contributed by atoms with van der Waals surface area (Å²) in [6.45, 7) is 1.18. The van der Waals surface area contributed by atoms with E-state index in [0.29, 0.717) is 12.4 Å². The van der Waals surface area contributed by atoms with Crippen LogP contribution in [-0.2, 0) is 22.6 Å². The molecule has 1 aliphatic heterocycles. The zero-order valence-corrected chi connectivity index (χ0v) is 17.3. The van der Waals surface area contributed by atoms with Crippen LogP contribution >= 0.6 is 0 Å². The SMILES string of the molecule is O=C(Nc1cccc2c1ccn2Cc1ccncc1)N(Cc1ccccc1)C1=COCO1. The third-order valence-corrected chi connectivity index (χ3v) is 5.31. The van der Waals surface area contributed by atoms with Crippen LogP contribution in [0.5, 0.6) is 0 Å². The average Bonchev–Trinajstić information content (AvgIpc) is 3.50. The number of anilines is 1. The summed E-state index contributed by atoms with van der Waals surface area (Å²) in [5.41, 5.74) is 3.92. The predicted molar refractivity (Wildman–Crippen MR) is 121 cm³/mol. The second-order valence-corrected chi connectivity index (χ2v) is 7.42. The largest absolute Gasteiger partial charge is 0.459 e. The van der Waals surface area contributed by atoms with Gasteiger partial charge in [-0.3, -0.25) is 9.88 Å². The molecule has 7 nitrogen and oxygen atoms in total. The molecule has 1 aliphatic rings. The Morgan fingerprint density at radius 2 is 1.84 bits per heavy atom. The Kier molecular flexibility index (Phi) is 5.45. The summed E-state index contributed by atoms with van der Waals surface area (Å²) >= 11 is 0. The molecular formula is C25H22N4O3. The number of ether oxygens (including phenoxy) is 2. The molecule has 2 amide bonds. The monoisotopic (exact) mass is 426 g/mol. The van der Waals surface area contributed by atoms with Crippen LogP contribution < -0.4 is 5.32 Å². The van der Waals surface area contributed by atoms with Gasteiger partial charge >= 0.3 is 6.03 Å². The fourth-order valence-electron chi connectivity index (χ4n) is 3.73. The smallest absolute Gasteiger partial charge is 0.329 e. The molecule has 2 aromatic carbocycles. The molecule has 0 atom stereocenters. The highest BCUT2D eigenvalue weighted by molar-refractivity contribution is 6.01. The van der Waals surface area contributed by atoms with Crippen molar-refractivity contribution >= 4 is 22.6 Å². The number of urea groups is 1. The minimum absolute atomic E-state index is 0.0986. The summed E-state index contributed by atoms with van der Waals surface area (Å²) in [7, 11) is 0. The molecule has 0 aliphatic carbocycles. The van der Waals surface area contributed by atoms with Crippen molar-refractivity contribution in [1.82, 2.24) is 14.5 Å². The van der Waals surface area contributed by atoms with Gasteiger partial charge in [-0.2, -0.15) is 0 Å². The minimum Gasteiger partial charge on any atom is -0.459 e. The third kappa shape index (κ3) is 4.13. The molecule has 32 heavy (non-hydrogen) atoms. The minimum atomic E-state index is -0.292. The molecule has 0 saturated heterocycles. The molecule has 160 valence electrons. The van der Waals surface area contributed by atoms with E-state index in [2.05, 4.69) is 14.9 Å². The zero-order chi connectivity index (χ0) is 21.8. The predicted octanol–water partition coefficient (Wildman–Crippen LogP) is 4.92. The van der Waals surface area contributed by atoms with Crippen LogP contribution in [0.4, 0.5) is 10.5 Å². The number of pyridine rings is 1. The van der Waals surface area contributed by atoms with Crippen molar-refractivity contribution < 1.29 is 14.3 Å². The topological polar surface area (TPSA) is 68.6 Å². The molecule has 0 unspecified atom stereocenters. The second-order valence-electron chi connectivity index (χ2n) is 7.42. The highest BCUT2D eigenvalue weighted by atomic mass is 16.7. The Labute approximate surface area is 185 Å². The van der Waals surface area contributed by atoms with Gasteiger partial charge in [0.2, 0.25) is 12.7 Å². The van der Waals surface area contributed by atoms with E-state index in [1.54, 1.807) is 12.4 Å². The Morgan fingerprint density at radius 3 is 2.62 bits per heavy atom. The van der Waals surface area contributed by atoms with Crippen molar-refractivity contribution in [2.45, 2.75) is 13.1 Å². The molecule has 7 heteroatoms. The van der Waals surface area contributed by atoms with E-state index in [1.807, 2.05) is 72.9 Å². The van der Waals surface area contributed by atoms with Crippen molar-refractivity contribution in [2.24, 2.45) is 0 Å². The summed E-state index contributed by atoms with van der Waals surface area (Å²) in [4.78, 5) is 18.9. The number of nitrogens with zero attached hydrogens (tertiary/aromatic N) is 3. The van der Waals surface area contributed by atoms with Crippen molar-refractivity contribution in [3.05, 3.63) is 109 Å². The van der Waals surface area contributed by atoms with Crippen LogP contribution in [0.2, 0.25) is 0 Å². The number of carbonyl (C=O) groups excluding carboxylic acids is 1. The van der Waals surface area contributed by atoms with Gasteiger partial charge in [0.1, 0.15) is 6.26 Å². The average molecular weight is 426 g/mol. The number of hydrogen-bond donors (Lipinski definition) is 1. The van der Waals surface area contributed by atoms with Crippen molar-refractivity contribution in [3.8, 4) is 0 Å². The number of fused-ring (bicyclic) bond motifs is 1. The van der Waals surface area contributed by atoms with E-state index in [4.69, 9.17) is 9.47 Å². The Hall–Kier alpha value is -4.26. The lowest BCUT2D eigenvalue weighted by Gasteiger charge is -2.22. The molecule has 1 N–H and O–H groups in total. The quantitative estimate of drug-likeness (QED) is 0.475. The number of carbonyl (C=O) groups is 1. The van der Waals surface area contributed by atoms with Gasteiger partial charge < -0.3 is 19.4 Å². The summed E-state index contributed by atoms with van der Waals surface area (Å²) in [6.07, 6.45) is 7.07.